The maximum Gasteiger partial charge on any atom is 0.209 e. The molecule has 1 aliphatic heterocycles. The van der Waals surface area contributed by atoms with E-state index in [4.69, 9.17) is 11.6 Å². The summed E-state index contributed by atoms with van der Waals surface area (Å²) < 4.78 is 45.8. The number of hydrogen-bond donors (Lipinski definition) is 1. The van der Waals surface area contributed by atoms with Gasteiger partial charge in [-0.05, 0) is 0 Å². The third-order valence-electron chi connectivity index (χ3n) is 1.65. The number of halogens is 1. The first-order chi connectivity index (χ1) is 5.70. The predicted molar refractivity (Wildman–Crippen MR) is 50.1 cm³/mol. The average Bonchev–Trinajstić information content (AvgIpc) is 2.00. The van der Waals surface area contributed by atoms with Crippen molar-refractivity contribution in [1.29, 1.82) is 0 Å². The van der Waals surface area contributed by atoms with Crippen LogP contribution in [0.4, 0.5) is 0 Å². The van der Waals surface area contributed by atoms with Crippen LogP contribution in [0, 0.1) is 0 Å². The van der Waals surface area contributed by atoms with Crippen molar-refractivity contribution in [1.82, 2.24) is 4.72 Å². The van der Waals surface area contributed by atoms with Crippen molar-refractivity contribution in [2.75, 3.05) is 17.8 Å². The van der Waals surface area contributed by atoms with E-state index in [0.29, 0.717) is 0 Å². The van der Waals surface area contributed by atoms with Gasteiger partial charge in [-0.25, -0.2) is 21.6 Å². The molecule has 1 saturated heterocycles. The molecule has 0 spiro atoms. The number of hydrogen-bond acceptors (Lipinski definition) is 4. The molecule has 13 heavy (non-hydrogen) atoms. The highest BCUT2D eigenvalue weighted by molar-refractivity contribution is 7.92. The van der Waals surface area contributed by atoms with Crippen LogP contribution in [-0.4, -0.2) is 46.0 Å². The van der Waals surface area contributed by atoms with Crippen LogP contribution < -0.4 is 4.72 Å². The molecular weight excluding hydrogens is 238 g/mol. The van der Waals surface area contributed by atoms with Gasteiger partial charge >= 0.3 is 0 Å². The van der Waals surface area contributed by atoms with Crippen LogP contribution in [0.5, 0.6) is 0 Å². The highest BCUT2D eigenvalue weighted by Gasteiger charge is 2.37. The van der Waals surface area contributed by atoms with Gasteiger partial charge in [-0.2, -0.15) is 0 Å². The molecule has 0 amide bonds. The number of sulfone groups is 1. The van der Waals surface area contributed by atoms with E-state index in [-0.39, 0.29) is 11.5 Å². The number of alkyl halides is 1. The fraction of sp³-hybridized carbons (Fsp3) is 1.00. The molecule has 2 unspecified atom stereocenters. The van der Waals surface area contributed by atoms with E-state index in [9.17, 15) is 16.8 Å². The summed E-state index contributed by atoms with van der Waals surface area (Å²) in [6.07, 6.45) is 0.974. The molecule has 1 aliphatic rings. The Kier molecular flexibility index (Phi) is 2.92. The molecular formula is C5H10ClNO4S2. The molecule has 0 aromatic heterocycles. The first-order valence-corrected chi connectivity index (χ1v) is 7.66. The van der Waals surface area contributed by atoms with Crippen LogP contribution in [0.25, 0.3) is 0 Å². The minimum Gasteiger partial charge on any atom is -0.229 e. The van der Waals surface area contributed by atoms with Gasteiger partial charge in [0.1, 0.15) is 0 Å². The van der Waals surface area contributed by atoms with E-state index in [1.165, 1.54) is 0 Å². The zero-order chi connectivity index (χ0) is 10.3. The summed E-state index contributed by atoms with van der Waals surface area (Å²) in [5, 5.41) is -0.667. The molecule has 0 bridgehead atoms. The van der Waals surface area contributed by atoms with E-state index < -0.39 is 31.3 Å². The SMILES string of the molecule is CS(=O)(=O)NC1CS(=O)(=O)CC1Cl. The van der Waals surface area contributed by atoms with Gasteiger partial charge in [-0.1, -0.05) is 0 Å². The molecule has 1 N–H and O–H groups in total. The van der Waals surface area contributed by atoms with Crippen LogP contribution in [0.2, 0.25) is 0 Å². The van der Waals surface area contributed by atoms with Gasteiger partial charge in [0, 0.05) is 0 Å². The zero-order valence-corrected chi connectivity index (χ0v) is 9.29. The molecule has 1 fully saturated rings. The summed E-state index contributed by atoms with van der Waals surface area (Å²) in [6.45, 7) is 0. The summed E-state index contributed by atoms with van der Waals surface area (Å²) in [7, 11) is -6.57. The van der Waals surface area contributed by atoms with Crippen LogP contribution >= 0.6 is 11.6 Å². The Balaban J connectivity index is 2.76. The highest BCUT2D eigenvalue weighted by atomic mass is 35.5. The average molecular weight is 248 g/mol. The molecule has 1 rings (SSSR count). The molecule has 5 nitrogen and oxygen atoms in total. The number of sulfonamides is 1. The Morgan fingerprint density at radius 2 is 1.92 bits per heavy atom. The lowest BCUT2D eigenvalue weighted by Crippen LogP contribution is -2.39. The van der Waals surface area contributed by atoms with Crippen molar-refractivity contribution in [3.05, 3.63) is 0 Å². The fourth-order valence-electron chi connectivity index (χ4n) is 1.19. The molecule has 78 valence electrons. The second-order valence-corrected chi connectivity index (χ2v) is 7.58. The first-order valence-electron chi connectivity index (χ1n) is 3.51. The molecule has 2 atom stereocenters. The van der Waals surface area contributed by atoms with E-state index >= 15 is 0 Å². The van der Waals surface area contributed by atoms with Crippen molar-refractivity contribution in [3.8, 4) is 0 Å². The van der Waals surface area contributed by atoms with Crippen LogP contribution in [-0.2, 0) is 19.9 Å². The van der Waals surface area contributed by atoms with Gasteiger partial charge in [-0.3, -0.25) is 0 Å². The third kappa shape index (κ3) is 3.41. The van der Waals surface area contributed by atoms with Gasteiger partial charge in [0.15, 0.2) is 9.84 Å². The minimum absolute atomic E-state index is 0.165. The summed E-state index contributed by atoms with van der Waals surface area (Å²) in [5.41, 5.74) is 0. The molecule has 0 saturated carbocycles. The Morgan fingerprint density at radius 3 is 2.23 bits per heavy atom. The Bertz CT molecular complexity index is 387. The van der Waals surface area contributed by atoms with Gasteiger partial charge in [-0.15, -0.1) is 11.6 Å². The van der Waals surface area contributed by atoms with Crippen LogP contribution in [0.3, 0.4) is 0 Å². The maximum atomic E-state index is 11.0. The standard InChI is InChI=1S/C5H10ClNO4S2/c1-12(8,9)7-5-3-13(10,11)2-4(5)6/h4-5,7H,2-3H2,1H3. The Labute approximate surface area is 82.4 Å². The van der Waals surface area contributed by atoms with Gasteiger partial charge in [0.2, 0.25) is 10.0 Å². The number of rotatable bonds is 2. The van der Waals surface area contributed by atoms with E-state index in [1.807, 2.05) is 0 Å². The Hall–Kier alpha value is 0.150. The zero-order valence-electron chi connectivity index (χ0n) is 6.90. The largest absolute Gasteiger partial charge is 0.229 e. The van der Waals surface area contributed by atoms with Crippen molar-refractivity contribution in [2.24, 2.45) is 0 Å². The van der Waals surface area contributed by atoms with Crippen LogP contribution in [0.1, 0.15) is 0 Å². The monoisotopic (exact) mass is 247 g/mol. The van der Waals surface area contributed by atoms with Gasteiger partial charge < -0.3 is 0 Å². The normalized spacial score (nSPS) is 33.4. The highest BCUT2D eigenvalue weighted by Crippen LogP contribution is 2.18. The van der Waals surface area contributed by atoms with E-state index in [1.54, 1.807) is 0 Å². The van der Waals surface area contributed by atoms with Crippen molar-refractivity contribution < 1.29 is 16.8 Å². The van der Waals surface area contributed by atoms with Crippen molar-refractivity contribution in [3.63, 3.8) is 0 Å². The molecule has 8 heteroatoms. The molecule has 0 aromatic rings. The second kappa shape index (κ2) is 3.38. The predicted octanol–water partition coefficient (Wildman–Crippen LogP) is -1.06. The van der Waals surface area contributed by atoms with Crippen LogP contribution in [0.15, 0.2) is 0 Å². The molecule has 0 aliphatic carbocycles. The lowest BCUT2D eigenvalue weighted by molar-refractivity contribution is 0.569. The van der Waals surface area contributed by atoms with Crippen molar-refractivity contribution >= 4 is 31.5 Å². The Morgan fingerprint density at radius 1 is 1.38 bits per heavy atom. The lowest BCUT2D eigenvalue weighted by atomic mass is 10.3. The quantitative estimate of drug-likeness (QED) is 0.631. The van der Waals surface area contributed by atoms with E-state index in [0.717, 1.165) is 6.26 Å². The van der Waals surface area contributed by atoms with Gasteiger partial charge in [0.25, 0.3) is 0 Å². The van der Waals surface area contributed by atoms with Crippen molar-refractivity contribution in [2.45, 2.75) is 11.4 Å². The molecule has 1 heterocycles. The fourth-order valence-corrected chi connectivity index (χ4v) is 4.72. The number of nitrogens with one attached hydrogen (secondary N) is 1. The second-order valence-electron chi connectivity index (χ2n) is 3.09. The molecule has 0 aromatic carbocycles. The summed E-state index contributed by atoms with van der Waals surface area (Å²) >= 11 is 5.66. The molecule has 0 radical (unpaired) electrons. The summed E-state index contributed by atoms with van der Waals surface area (Å²) in [5.74, 6) is -0.379. The first kappa shape index (κ1) is 11.2. The van der Waals surface area contributed by atoms with Gasteiger partial charge in [0.05, 0.1) is 29.2 Å². The van der Waals surface area contributed by atoms with E-state index in [2.05, 4.69) is 4.72 Å². The lowest BCUT2D eigenvalue weighted by Gasteiger charge is -2.11. The topological polar surface area (TPSA) is 80.3 Å². The summed E-state index contributed by atoms with van der Waals surface area (Å²) in [4.78, 5) is 0. The minimum atomic E-state index is -3.39. The maximum absolute atomic E-state index is 11.0. The summed E-state index contributed by atoms with van der Waals surface area (Å²) in [6, 6.07) is -0.693. The smallest absolute Gasteiger partial charge is 0.209 e. The third-order valence-corrected chi connectivity index (χ3v) is 4.76.